The molecule has 4 rings (SSSR count). The molecule has 0 spiro atoms. The molecule has 2 amide bonds. The van der Waals surface area contributed by atoms with Crippen molar-refractivity contribution in [1.82, 2.24) is 10.2 Å². The number of benzene rings is 1. The van der Waals surface area contributed by atoms with Crippen molar-refractivity contribution in [3.63, 3.8) is 0 Å². The number of hydrogen-bond acceptors (Lipinski definition) is 6. The zero-order valence-corrected chi connectivity index (χ0v) is 17.6. The number of nitrogens with one attached hydrogen (secondary N) is 1. The summed E-state index contributed by atoms with van der Waals surface area (Å²) in [4.78, 5) is 41.8. The molecule has 2 saturated heterocycles. The molecule has 1 aliphatic carbocycles. The standard InChI is InChI=1S/C22H28FN3O5/c1-2-30-20(28)18-17(31-18)19(27)24-22(9-3-4-10-22)21(29)26-13-11-25(12-14-26)16-7-5-15(23)6-8-16/h5-8,17-18H,2-4,9-14H2,1H3,(H,24,27)/t17-,18-/m0/s1. The number of nitrogens with zero attached hydrogens (tertiary/aromatic N) is 2. The smallest absolute Gasteiger partial charge is 0.338 e. The van der Waals surface area contributed by atoms with E-state index in [4.69, 9.17) is 9.47 Å². The molecular formula is C22H28FN3O5. The highest BCUT2D eigenvalue weighted by Crippen LogP contribution is 2.34. The molecule has 0 bridgehead atoms. The SMILES string of the molecule is CCOC(=O)[C@H]1O[C@@H]1C(=O)NC1(C(=O)N2CCN(c3ccc(F)cc3)CC2)CCCC1. The van der Waals surface area contributed by atoms with Gasteiger partial charge in [-0.3, -0.25) is 9.59 Å². The maximum atomic E-state index is 13.4. The van der Waals surface area contributed by atoms with Crippen molar-refractivity contribution < 1.29 is 28.2 Å². The number of halogens is 1. The second-order valence-electron chi connectivity index (χ2n) is 8.26. The van der Waals surface area contributed by atoms with Gasteiger partial charge in [0.25, 0.3) is 5.91 Å². The predicted molar refractivity (Wildman–Crippen MR) is 110 cm³/mol. The van der Waals surface area contributed by atoms with Crippen molar-refractivity contribution in [2.24, 2.45) is 0 Å². The van der Waals surface area contributed by atoms with E-state index in [1.807, 2.05) is 0 Å². The number of piperazine rings is 1. The summed E-state index contributed by atoms with van der Waals surface area (Å²) in [7, 11) is 0. The zero-order chi connectivity index (χ0) is 22.0. The van der Waals surface area contributed by atoms with Crippen LogP contribution in [0.2, 0.25) is 0 Å². The fourth-order valence-corrected chi connectivity index (χ4v) is 4.52. The Labute approximate surface area is 180 Å². The number of carbonyl (C=O) groups excluding carboxylic acids is 3. The normalized spacial score (nSPS) is 24.6. The Morgan fingerprint density at radius 3 is 2.35 bits per heavy atom. The molecule has 0 aromatic heterocycles. The molecule has 3 fully saturated rings. The monoisotopic (exact) mass is 433 g/mol. The second-order valence-corrected chi connectivity index (χ2v) is 8.26. The van der Waals surface area contributed by atoms with Gasteiger partial charge in [-0.25, -0.2) is 9.18 Å². The molecule has 0 unspecified atom stereocenters. The number of amides is 2. The van der Waals surface area contributed by atoms with Crippen molar-refractivity contribution in [3.8, 4) is 0 Å². The van der Waals surface area contributed by atoms with Gasteiger partial charge in [0.2, 0.25) is 5.91 Å². The molecule has 1 aromatic carbocycles. The van der Waals surface area contributed by atoms with Gasteiger partial charge in [-0.05, 0) is 44.0 Å². The van der Waals surface area contributed by atoms with Crippen LogP contribution in [0, 0.1) is 5.82 Å². The van der Waals surface area contributed by atoms with Gasteiger partial charge in [-0.2, -0.15) is 0 Å². The van der Waals surface area contributed by atoms with Gasteiger partial charge in [-0.1, -0.05) is 12.8 Å². The Hall–Kier alpha value is -2.68. The number of rotatable bonds is 6. The first-order valence-corrected chi connectivity index (χ1v) is 10.9. The summed E-state index contributed by atoms with van der Waals surface area (Å²) in [5.74, 6) is -1.34. The van der Waals surface area contributed by atoms with Gasteiger partial charge in [0, 0.05) is 31.9 Å². The van der Waals surface area contributed by atoms with Gasteiger partial charge < -0.3 is 24.6 Å². The van der Waals surface area contributed by atoms with E-state index in [1.165, 1.54) is 12.1 Å². The van der Waals surface area contributed by atoms with E-state index in [1.54, 1.807) is 24.0 Å². The minimum Gasteiger partial charge on any atom is -0.464 e. The Balaban J connectivity index is 1.36. The first kappa shape index (κ1) is 21.5. The molecule has 1 aromatic rings. The summed E-state index contributed by atoms with van der Waals surface area (Å²) >= 11 is 0. The lowest BCUT2D eigenvalue weighted by Gasteiger charge is -2.40. The van der Waals surface area contributed by atoms with Crippen molar-refractivity contribution in [1.29, 1.82) is 0 Å². The van der Waals surface area contributed by atoms with E-state index in [-0.39, 0.29) is 18.3 Å². The first-order chi connectivity index (χ1) is 14.9. The largest absolute Gasteiger partial charge is 0.464 e. The van der Waals surface area contributed by atoms with Crippen molar-refractivity contribution >= 4 is 23.5 Å². The van der Waals surface area contributed by atoms with Crippen LogP contribution in [0.25, 0.3) is 0 Å². The van der Waals surface area contributed by atoms with Crippen LogP contribution >= 0.6 is 0 Å². The first-order valence-electron chi connectivity index (χ1n) is 10.9. The van der Waals surface area contributed by atoms with E-state index < -0.39 is 29.6 Å². The molecule has 2 heterocycles. The van der Waals surface area contributed by atoms with Crippen molar-refractivity contribution in [3.05, 3.63) is 30.1 Å². The minimum atomic E-state index is -0.944. The number of ether oxygens (including phenoxy) is 2. The fraction of sp³-hybridized carbons (Fsp3) is 0.591. The molecule has 8 nitrogen and oxygen atoms in total. The lowest BCUT2D eigenvalue weighted by Crippen LogP contribution is -2.62. The van der Waals surface area contributed by atoms with Crippen LogP contribution in [0.4, 0.5) is 10.1 Å². The van der Waals surface area contributed by atoms with Gasteiger partial charge in [0.05, 0.1) is 6.61 Å². The molecule has 2 atom stereocenters. The minimum absolute atomic E-state index is 0.0783. The number of anilines is 1. The van der Waals surface area contributed by atoms with E-state index in [0.717, 1.165) is 18.5 Å². The second kappa shape index (κ2) is 8.82. The highest BCUT2D eigenvalue weighted by molar-refractivity contribution is 5.97. The molecule has 168 valence electrons. The molecule has 3 aliphatic rings. The van der Waals surface area contributed by atoms with Crippen LogP contribution in [0.3, 0.4) is 0 Å². The van der Waals surface area contributed by atoms with E-state index in [0.29, 0.717) is 39.0 Å². The summed E-state index contributed by atoms with van der Waals surface area (Å²) in [6, 6.07) is 6.33. The summed E-state index contributed by atoms with van der Waals surface area (Å²) in [6.07, 6.45) is 1.09. The summed E-state index contributed by atoms with van der Waals surface area (Å²) in [5.41, 5.74) is -0.0198. The fourth-order valence-electron chi connectivity index (χ4n) is 4.52. The van der Waals surface area contributed by atoms with Crippen LogP contribution in [0.15, 0.2) is 24.3 Å². The van der Waals surface area contributed by atoms with Gasteiger partial charge in [-0.15, -0.1) is 0 Å². The maximum absolute atomic E-state index is 13.4. The average molecular weight is 433 g/mol. The molecular weight excluding hydrogens is 405 g/mol. The lowest BCUT2D eigenvalue weighted by atomic mass is 9.94. The Kier molecular flexibility index (Phi) is 6.13. The zero-order valence-electron chi connectivity index (χ0n) is 17.6. The third-order valence-electron chi connectivity index (χ3n) is 6.26. The van der Waals surface area contributed by atoms with E-state index in [9.17, 15) is 18.8 Å². The summed E-state index contributed by atoms with van der Waals surface area (Å²) < 4.78 is 23.3. The summed E-state index contributed by atoms with van der Waals surface area (Å²) in [6.45, 7) is 4.24. The number of esters is 1. The summed E-state index contributed by atoms with van der Waals surface area (Å²) in [5, 5.41) is 2.91. The molecule has 31 heavy (non-hydrogen) atoms. The van der Waals surface area contributed by atoms with Crippen LogP contribution in [0.1, 0.15) is 32.6 Å². The molecule has 9 heteroatoms. The van der Waals surface area contributed by atoms with Crippen LogP contribution in [-0.4, -0.2) is 73.2 Å². The molecule has 1 N–H and O–H groups in total. The van der Waals surface area contributed by atoms with Gasteiger partial charge in [0.15, 0.2) is 12.2 Å². The third-order valence-corrected chi connectivity index (χ3v) is 6.26. The number of epoxide rings is 1. The highest BCUT2D eigenvalue weighted by Gasteiger charge is 2.55. The molecule has 2 aliphatic heterocycles. The Bertz CT molecular complexity index is 832. The Morgan fingerprint density at radius 2 is 1.74 bits per heavy atom. The molecule has 1 saturated carbocycles. The topological polar surface area (TPSA) is 91.5 Å². The lowest BCUT2D eigenvalue weighted by molar-refractivity contribution is -0.144. The van der Waals surface area contributed by atoms with Crippen LogP contribution < -0.4 is 10.2 Å². The van der Waals surface area contributed by atoms with Crippen molar-refractivity contribution in [2.45, 2.75) is 50.4 Å². The van der Waals surface area contributed by atoms with E-state index >= 15 is 0 Å². The predicted octanol–water partition coefficient (Wildman–Crippen LogP) is 1.23. The van der Waals surface area contributed by atoms with Gasteiger partial charge >= 0.3 is 5.97 Å². The average Bonchev–Trinajstić information content (AvgIpc) is 3.46. The van der Waals surface area contributed by atoms with Crippen LogP contribution in [-0.2, 0) is 23.9 Å². The molecule has 0 radical (unpaired) electrons. The quantitative estimate of drug-likeness (QED) is 0.536. The maximum Gasteiger partial charge on any atom is 0.338 e. The number of carbonyl (C=O) groups is 3. The number of hydrogen-bond donors (Lipinski definition) is 1. The van der Waals surface area contributed by atoms with Crippen LogP contribution in [0.5, 0.6) is 0 Å². The Morgan fingerprint density at radius 1 is 1.10 bits per heavy atom. The van der Waals surface area contributed by atoms with E-state index in [2.05, 4.69) is 10.2 Å². The highest BCUT2D eigenvalue weighted by atomic mass is 19.1. The van der Waals surface area contributed by atoms with Gasteiger partial charge in [0.1, 0.15) is 11.4 Å². The third kappa shape index (κ3) is 4.51. The van der Waals surface area contributed by atoms with Crippen molar-refractivity contribution in [2.75, 3.05) is 37.7 Å².